The Labute approximate surface area is 216 Å². The summed E-state index contributed by atoms with van der Waals surface area (Å²) < 4.78 is 35.7. The fourth-order valence-electron chi connectivity index (χ4n) is 4.02. The first-order valence-corrected chi connectivity index (χ1v) is 13.9. The molecule has 206 valence electrons. The van der Waals surface area contributed by atoms with E-state index in [-0.39, 0.29) is 13.0 Å². The zero-order valence-electron chi connectivity index (χ0n) is 22.6. The van der Waals surface area contributed by atoms with Crippen LogP contribution >= 0.6 is 0 Å². The lowest BCUT2D eigenvalue weighted by Crippen LogP contribution is -2.28. The molecule has 1 rings (SSSR count). The zero-order chi connectivity index (χ0) is 26.7. The van der Waals surface area contributed by atoms with Crippen molar-refractivity contribution in [2.45, 2.75) is 123 Å². The number of halogens is 2. The van der Waals surface area contributed by atoms with E-state index in [0.29, 0.717) is 18.4 Å². The highest BCUT2D eigenvalue weighted by atomic mass is 19.3. The highest BCUT2D eigenvalue weighted by Gasteiger charge is 2.23. The molecule has 1 unspecified atom stereocenters. The van der Waals surface area contributed by atoms with Crippen molar-refractivity contribution in [1.82, 2.24) is 0 Å². The van der Waals surface area contributed by atoms with Crippen LogP contribution in [0.15, 0.2) is 24.3 Å². The lowest BCUT2D eigenvalue weighted by molar-refractivity contribution is -0.153. The predicted octanol–water partition coefficient (Wildman–Crippen LogP) is 8.32. The maximum absolute atomic E-state index is 12.7. The van der Waals surface area contributed by atoms with E-state index < -0.39 is 24.0 Å². The Morgan fingerprint density at radius 3 is 1.81 bits per heavy atom. The third-order valence-corrected chi connectivity index (χ3v) is 6.16. The minimum absolute atomic E-state index is 0.0184. The molecule has 0 aliphatic heterocycles. The molecule has 5 nitrogen and oxygen atoms in total. The first kappa shape index (κ1) is 31.8. The van der Waals surface area contributed by atoms with Crippen LogP contribution in [0, 0.1) is 0 Å². The number of esters is 2. The molecule has 0 saturated heterocycles. The summed E-state index contributed by atoms with van der Waals surface area (Å²) in [6, 6.07) is 7.10. The van der Waals surface area contributed by atoms with Crippen LogP contribution < -0.4 is 5.32 Å². The number of hydrogen-bond donors (Lipinski definition) is 1. The smallest absolute Gasteiger partial charge is 0.347 e. The topological polar surface area (TPSA) is 64.6 Å². The van der Waals surface area contributed by atoms with Crippen molar-refractivity contribution in [1.29, 1.82) is 0 Å². The van der Waals surface area contributed by atoms with Gasteiger partial charge in [-0.15, -0.1) is 0 Å². The van der Waals surface area contributed by atoms with Gasteiger partial charge >= 0.3 is 11.9 Å². The van der Waals surface area contributed by atoms with Gasteiger partial charge in [0.15, 0.2) is 6.10 Å². The van der Waals surface area contributed by atoms with Gasteiger partial charge in [-0.25, -0.2) is 18.4 Å². The minimum atomic E-state index is -2.51. The normalized spacial score (nSPS) is 12.2. The molecule has 0 fully saturated rings. The van der Waals surface area contributed by atoms with Crippen LogP contribution in [0.1, 0.15) is 121 Å². The summed E-state index contributed by atoms with van der Waals surface area (Å²) in [5.74, 6) is -3.55. The molecule has 0 aromatic heterocycles. The second-order valence-corrected chi connectivity index (χ2v) is 9.62. The molecule has 0 amide bonds. The molecule has 0 radical (unpaired) electrons. The number of carbonyl (C=O) groups excluding carboxylic acids is 2. The second-order valence-electron chi connectivity index (χ2n) is 9.62. The van der Waals surface area contributed by atoms with Crippen molar-refractivity contribution < 1.29 is 27.8 Å². The largest absolute Gasteiger partial charge is 0.463 e. The van der Waals surface area contributed by atoms with Gasteiger partial charge in [0.2, 0.25) is 5.92 Å². The summed E-state index contributed by atoms with van der Waals surface area (Å²) in [5.41, 5.74) is 1.36. The van der Waals surface area contributed by atoms with Gasteiger partial charge in [-0.1, -0.05) is 71.1 Å². The molecule has 0 bridgehead atoms. The van der Waals surface area contributed by atoms with Gasteiger partial charge in [0, 0.05) is 18.7 Å². The molecule has 0 spiro atoms. The molecule has 0 aliphatic carbocycles. The molecule has 0 heterocycles. The number of hydrogen-bond acceptors (Lipinski definition) is 5. The molecule has 0 saturated carbocycles. The number of rotatable bonds is 21. The van der Waals surface area contributed by atoms with E-state index in [9.17, 15) is 18.4 Å². The summed E-state index contributed by atoms with van der Waals surface area (Å²) in [4.78, 5) is 24.1. The quantitative estimate of drug-likeness (QED) is 0.133. The molecular formula is C29H47F2NO4. The van der Waals surface area contributed by atoms with Crippen molar-refractivity contribution in [3.8, 4) is 0 Å². The van der Waals surface area contributed by atoms with Crippen molar-refractivity contribution >= 4 is 17.6 Å². The van der Waals surface area contributed by atoms with E-state index in [0.717, 1.165) is 44.8 Å². The molecule has 1 atom stereocenters. The van der Waals surface area contributed by atoms with Gasteiger partial charge in [-0.2, -0.15) is 0 Å². The highest BCUT2D eigenvalue weighted by molar-refractivity contribution is 5.91. The third kappa shape index (κ3) is 15.7. The van der Waals surface area contributed by atoms with Crippen LogP contribution in [0.2, 0.25) is 0 Å². The zero-order valence-corrected chi connectivity index (χ0v) is 22.6. The molecule has 1 aromatic rings. The fourth-order valence-corrected chi connectivity index (χ4v) is 4.02. The van der Waals surface area contributed by atoms with Crippen LogP contribution in [-0.2, 0) is 14.3 Å². The van der Waals surface area contributed by atoms with E-state index >= 15 is 0 Å². The predicted molar refractivity (Wildman–Crippen MR) is 142 cm³/mol. The molecule has 7 heteroatoms. The van der Waals surface area contributed by atoms with E-state index in [4.69, 9.17) is 9.47 Å². The van der Waals surface area contributed by atoms with Crippen LogP contribution in [-0.4, -0.2) is 37.1 Å². The maximum atomic E-state index is 12.7. The number of alkyl halides is 2. The average Bonchev–Trinajstić information content (AvgIpc) is 2.84. The summed E-state index contributed by atoms with van der Waals surface area (Å²) in [7, 11) is 0. The number of nitrogens with one attached hydrogen (secondary N) is 1. The van der Waals surface area contributed by atoms with Crippen molar-refractivity contribution in [3.63, 3.8) is 0 Å². The van der Waals surface area contributed by atoms with Gasteiger partial charge in [0.05, 0.1) is 12.2 Å². The van der Waals surface area contributed by atoms with Crippen LogP contribution in [0.4, 0.5) is 14.5 Å². The Morgan fingerprint density at radius 2 is 1.33 bits per heavy atom. The average molecular weight is 512 g/mol. The fraction of sp³-hybridized carbons (Fsp3) is 0.724. The number of ether oxygens (including phenoxy) is 2. The van der Waals surface area contributed by atoms with E-state index in [1.54, 1.807) is 26.0 Å². The van der Waals surface area contributed by atoms with E-state index in [1.807, 2.05) is 12.1 Å². The highest BCUT2D eigenvalue weighted by Crippen LogP contribution is 2.21. The summed E-state index contributed by atoms with van der Waals surface area (Å²) in [6.45, 7) is 5.63. The second kappa shape index (κ2) is 19.0. The van der Waals surface area contributed by atoms with Gasteiger partial charge in [0.1, 0.15) is 0 Å². The van der Waals surface area contributed by atoms with Gasteiger partial charge in [0.25, 0.3) is 0 Å². The summed E-state index contributed by atoms with van der Waals surface area (Å²) in [5, 5.41) is 3.38. The van der Waals surface area contributed by atoms with E-state index in [2.05, 4.69) is 5.32 Å². The van der Waals surface area contributed by atoms with Crippen molar-refractivity contribution in [3.05, 3.63) is 29.8 Å². The van der Waals surface area contributed by atoms with Crippen LogP contribution in [0.3, 0.4) is 0 Å². The molecule has 36 heavy (non-hydrogen) atoms. The number of unbranched alkanes of at least 4 members (excludes halogenated alkanes) is 11. The summed E-state index contributed by atoms with van der Waals surface area (Å²) in [6.07, 6.45) is 13.1. The van der Waals surface area contributed by atoms with Crippen molar-refractivity contribution in [2.24, 2.45) is 0 Å². The lowest BCUT2D eigenvalue weighted by atomic mass is 10.0. The Morgan fingerprint density at radius 1 is 0.833 bits per heavy atom. The SMILES string of the molecule is CCOC(=O)C(CC)OC(=O)c1ccc(NCCCCCCCCCCCCCCC(C)(F)F)cc1. The molecular weight excluding hydrogens is 464 g/mol. The maximum Gasteiger partial charge on any atom is 0.347 e. The number of anilines is 1. The summed E-state index contributed by atoms with van der Waals surface area (Å²) >= 11 is 0. The number of benzene rings is 1. The Hall–Kier alpha value is -2.18. The molecule has 1 aromatic carbocycles. The standard InChI is InChI=1S/C29H47F2NO4/c1-4-26(28(34)35-5-2)36-27(33)24-18-20-25(21-19-24)32-23-17-15-13-11-9-7-6-8-10-12-14-16-22-29(3,30)31/h18-21,26,32H,4-17,22-23H2,1-3H3. The third-order valence-electron chi connectivity index (χ3n) is 6.16. The van der Waals surface area contributed by atoms with Gasteiger partial charge in [-0.05, 0) is 57.4 Å². The number of carbonyl (C=O) groups is 2. The first-order valence-electron chi connectivity index (χ1n) is 13.9. The Kier molecular flexibility index (Phi) is 16.8. The lowest BCUT2D eigenvalue weighted by Gasteiger charge is -2.15. The molecule has 0 aliphatic rings. The minimum Gasteiger partial charge on any atom is -0.463 e. The van der Waals surface area contributed by atoms with Crippen molar-refractivity contribution in [2.75, 3.05) is 18.5 Å². The Balaban J connectivity index is 2.03. The van der Waals surface area contributed by atoms with E-state index in [1.165, 1.54) is 44.9 Å². The molecule has 1 N–H and O–H groups in total. The van der Waals surface area contributed by atoms with Crippen LogP contribution in [0.5, 0.6) is 0 Å². The Bertz CT molecular complexity index is 719. The van der Waals surface area contributed by atoms with Gasteiger partial charge < -0.3 is 14.8 Å². The first-order chi connectivity index (χ1) is 17.3. The van der Waals surface area contributed by atoms with Gasteiger partial charge in [-0.3, -0.25) is 0 Å². The monoisotopic (exact) mass is 511 g/mol. The van der Waals surface area contributed by atoms with Crippen LogP contribution in [0.25, 0.3) is 0 Å².